The van der Waals surface area contributed by atoms with Crippen LogP contribution in [0.5, 0.6) is 0 Å². The fraction of sp³-hybridized carbons (Fsp3) is 0. The van der Waals surface area contributed by atoms with Crippen LogP contribution in [0.1, 0.15) is 10.4 Å². The summed E-state index contributed by atoms with van der Waals surface area (Å²) in [5.41, 5.74) is 8.36. The van der Waals surface area contributed by atoms with E-state index < -0.39 is 0 Å². The molecule has 0 saturated carbocycles. The van der Waals surface area contributed by atoms with E-state index in [0.717, 1.165) is 16.6 Å². The second-order valence-corrected chi connectivity index (χ2v) is 6.30. The average Bonchev–Trinajstić information content (AvgIpc) is 2.72. The molecule has 1 aromatic heterocycles. The summed E-state index contributed by atoms with van der Waals surface area (Å²) < 4.78 is 0. The quantitative estimate of drug-likeness (QED) is 0.508. The maximum Gasteiger partial charge on any atom is 0.269 e. The Labute approximate surface area is 161 Å². The lowest BCUT2D eigenvalue weighted by atomic mass is 10.1. The van der Waals surface area contributed by atoms with Crippen molar-refractivity contribution in [3.63, 3.8) is 0 Å². The van der Waals surface area contributed by atoms with Crippen molar-refractivity contribution in [2.75, 3.05) is 5.43 Å². The summed E-state index contributed by atoms with van der Waals surface area (Å²) in [6.07, 6.45) is 0. The molecule has 0 spiro atoms. The number of hydrogen-bond acceptors (Lipinski definition) is 4. The fourth-order valence-corrected chi connectivity index (χ4v) is 2.92. The lowest BCUT2D eigenvalue weighted by Gasteiger charge is -2.11. The first kappa shape index (κ1) is 17.0. The van der Waals surface area contributed by atoms with Crippen molar-refractivity contribution < 1.29 is 4.79 Å². The van der Waals surface area contributed by atoms with Crippen LogP contribution >= 0.6 is 11.6 Å². The number of halogens is 1. The van der Waals surface area contributed by atoms with E-state index in [2.05, 4.69) is 20.8 Å². The maximum atomic E-state index is 12.2. The van der Waals surface area contributed by atoms with Crippen LogP contribution in [-0.2, 0) is 0 Å². The predicted molar refractivity (Wildman–Crippen MR) is 108 cm³/mol. The van der Waals surface area contributed by atoms with Gasteiger partial charge in [0.15, 0.2) is 0 Å². The molecule has 132 valence electrons. The van der Waals surface area contributed by atoms with Gasteiger partial charge in [0.1, 0.15) is 0 Å². The van der Waals surface area contributed by atoms with E-state index in [0.29, 0.717) is 16.1 Å². The van der Waals surface area contributed by atoms with Crippen molar-refractivity contribution in [3.05, 3.63) is 89.4 Å². The molecule has 0 radical (unpaired) electrons. The van der Waals surface area contributed by atoms with Crippen molar-refractivity contribution >= 4 is 34.4 Å². The molecule has 0 aliphatic carbocycles. The fourth-order valence-electron chi connectivity index (χ4n) is 2.75. The minimum Gasteiger partial charge on any atom is -0.267 e. The number of nitrogens with one attached hydrogen (secondary N) is 2. The molecule has 4 aromatic rings. The molecule has 27 heavy (non-hydrogen) atoms. The monoisotopic (exact) mass is 374 g/mol. The molecule has 4 rings (SSSR count). The zero-order chi connectivity index (χ0) is 18.6. The molecule has 2 N–H and O–H groups in total. The van der Waals surface area contributed by atoms with Gasteiger partial charge in [-0.25, -0.2) is 9.97 Å². The standard InChI is InChI=1S/C21H15ClN4O/c22-16-11-12-17-18(13-16)23-21(24-19(17)14-7-3-1-4-8-14)26-25-20(27)15-9-5-2-6-10-15/h1-13H,(H,25,27)(H,23,24,26). The lowest BCUT2D eigenvalue weighted by molar-refractivity contribution is 0.0962. The Morgan fingerprint density at radius 3 is 2.30 bits per heavy atom. The van der Waals surface area contributed by atoms with Crippen molar-refractivity contribution in [2.24, 2.45) is 0 Å². The summed E-state index contributed by atoms with van der Waals surface area (Å²) in [7, 11) is 0. The second kappa shape index (κ2) is 7.43. The van der Waals surface area contributed by atoms with E-state index in [1.807, 2.05) is 48.5 Å². The Kier molecular flexibility index (Phi) is 4.68. The summed E-state index contributed by atoms with van der Waals surface area (Å²) in [5, 5.41) is 1.46. The number of carbonyl (C=O) groups is 1. The minimum absolute atomic E-state index is 0.272. The van der Waals surface area contributed by atoms with Crippen LogP contribution < -0.4 is 10.9 Å². The number of aromatic nitrogens is 2. The third-order valence-corrected chi connectivity index (χ3v) is 4.27. The Hall–Kier alpha value is -3.44. The molecule has 0 aliphatic rings. The molecular weight excluding hydrogens is 360 g/mol. The van der Waals surface area contributed by atoms with E-state index in [-0.39, 0.29) is 11.9 Å². The first-order valence-corrected chi connectivity index (χ1v) is 8.72. The highest BCUT2D eigenvalue weighted by Crippen LogP contribution is 2.28. The van der Waals surface area contributed by atoms with Gasteiger partial charge in [-0.1, -0.05) is 60.1 Å². The number of fused-ring (bicyclic) bond motifs is 1. The molecule has 0 saturated heterocycles. The van der Waals surface area contributed by atoms with E-state index in [1.165, 1.54) is 0 Å². The Morgan fingerprint density at radius 1 is 0.852 bits per heavy atom. The van der Waals surface area contributed by atoms with Crippen LogP contribution in [0.15, 0.2) is 78.9 Å². The third-order valence-electron chi connectivity index (χ3n) is 4.03. The average molecular weight is 375 g/mol. The highest BCUT2D eigenvalue weighted by Gasteiger charge is 2.11. The Bertz CT molecular complexity index is 1100. The van der Waals surface area contributed by atoms with Crippen LogP contribution in [0.4, 0.5) is 5.95 Å². The summed E-state index contributed by atoms with van der Waals surface area (Å²) in [6.45, 7) is 0. The van der Waals surface area contributed by atoms with Crippen molar-refractivity contribution in [1.82, 2.24) is 15.4 Å². The molecule has 6 heteroatoms. The summed E-state index contributed by atoms with van der Waals surface area (Å²) >= 11 is 6.13. The Balaban J connectivity index is 1.70. The van der Waals surface area contributed by atoms with Gasteiger partial charge in [0.05, 0.1) is 11.2 Å². The molecule has 0 atom stereocenters. The van der Waals surface area contributed by atoms with Crippen LogP contribution in [0.3, 0.4) is 0 Å². The third kappa shape index (κ3) is 3.73. The minimum atomic E-state index is -0.272. The van der Waals surface area contributed by atoms with E-state index in [1.54, 1.807) is 30.3 Å². The number of hydrazine groups is 1. The van der Waals surface area contributed by atoms with E-state index >= 15 is 0 Å². The van der Waals surface area contributed by atoms with Gasteiger partial charge in [0.25, 0.3) is 5.91 Å². The SMILES string of the molecule is O=C(NNc1nc(-c2ccccc2)c2ccc(Cl)cc2n1)c1ccccc1. The van der Waals surface area contributed by atoms with Crippen LogP contribution in [-0.4, -0.2) is 15.9 Å². The smallest absolute Gasteiger partial charge is 0.267 e. The molecule has 0 fully saturated rings. The molecule has 5 nitrogen and oxygen atoms in total. The van der Waals surface area contributed by atoms with Gasteiger partial charge in [0.2, 0.25) is 5.95 Å². The molecule has 3 aromatic carbocycles. The highest BCUT2D eigenvalue weighted by molar-refractivity contribution is 6.31. The topological polar surface area (TPSA) is 66.9 Å². The second-order valence-electron chi connectivity index (χ2n) is 5.87. The van der Waals surface area contributed by atoms with Gasteiger partial charge in [-0.05, 0) is 30.3 Å². The normalized spacial score (nSPS) is 10.6. The number of rotatable bonds is 4. The lowest BCUT2D eigenvalue weighted by Crippen LogP contribution is -2.30. The van der Waals surface area contributed by atoms with Gasteiger partial charge in [-0.3, -0.25) is 15.6 Å². The highest BCUT2D eigenvalue weighted by atomic mass is 35.5. The van der Waals surface area contributed by atoms with Gasteiger partial charge in [-0.15, -0.1) is 0 Å². The first-order valence-electron chi connectivity index (χ1n) is 8.35. The van der Waals surface area contributed by atoms with Crippen molar-refractivity contribution in [3.8, 4) is 11.3 Å². The molecule has 0 aliphatic heterocycles. The summed E-state index contributed by atoms with van der Waals surface area (Å²) in [5.74, 6) is 0.0135. The molecular formula is C21H15ClN4O. The largest absolute Gasteiger partial charge is 0.269 e. The van der Waals surface area contributed by atoms with Gasteiger partial charge in [0, 0.05) is 21.5 Å². The van der Waals surface area contributed by atoms with E-state index in [9.17, 15) is 4.79 Å². The van der Waals surface area contributed by atoms with Crippen LogP contribution in [0.2, 0.25) is 5.02 Å². The number of amides is 1. The van der Waals surface area contributed by atoms with Crippen molar-refractivity contribution in [1.29, 1.82) is 0 Å². The van der Waals surface area contributed by atoms with Gasteiger partial charge in [-0.2, -0.15) is 0 Å². The summed E-state index contributed by atoms with van der Waals surface area (Å²) in [4.78, 5) is 21.3. The number of hydrogen-bond donors (Lipinski definition) is 2. The van der Waals surface area contributed by atoms with Crippen molar-refractivity contribution in [2.45, 2.75) is 0 Å². The zero-order valence-electron chi connectivity index (χ0n) is 14.2. The molecule has 1 heterocycles. The number of benzene rings is 3. The van der Waals surface area contributed by atoms with Crippen LogP contribution in [0, 0.1) is 0 Å². The molecule has 0 bridgehead atoms. The summed E-state index contributed by atoms with van der Waals surface area (Å²) in [6, 6.07) is 24.2. The zero-order valence-corrected chi connectivity index (χ0v) is 14.9. The number of carbonyl (C=O) groups excluding carboxylic acids is 1. The first-order chi connectivity index (χ1) is 13.2. The van der Waals surface area contributed by atoms with Crippen LogP contribution in [0.25, 0.3) is 22.2 Å². The number of nitrogens with zero attached hydrogens (tertiary/aromatic N) is 2. The van der Waals surface area contributed by atoms with E-state index in [4.69, 9.17) is 11.6 Å². The Morgan fingerprint density at radius 2 is 1.56 bits per heavy atom. The maximum absolute atomic E-state index is 12.2. The predicted octanol–water partition coefficient (Wildman–Crippen LogP) is 4.71. The van der Waals surface area contributed by atoms with Gasteiger partial charge >= 0.3 is 0 Å². The molecule has 1 amide bonds. The van der Waals surface area contributed by atoms with Gasteiger partial charge < -0.3 is 0 Å². The molecule has 0 unspecified atom stereocenters. The number of anilines is 1.